The predicted octanol–water partition coefficient (Wildman–Crippen LogP) is 5.58. The van der Waals surface area contributed by atoms with Gasteiger partial charge in [-0.3, -0.25) is 9.69 Å². The Balaban J connectivity index is 1.59. The number of furan rings is 1. The van der Waals surface area contributed by atoms with Gasteiger partial charge >= 0.3 is 0 Å². The third-order valence-corrected chi connectivity index (χ3v) is 6.22. The Hall–Kier alpha value is -2.30. The highest BCUT2D eigenvalue weighted by Crippen LogP contribution is 2.31. The van der Waals surface area contributed by atoms with Gasteiger partial charge in [0.1, 0.15) is 5.58 Å². The van der Waals surface area contributed by atoms with Gasteiger partial charge in [-0.1, -0.05) is 35.9 Å². The summed E-state index contributed by atoms with van der Waals surface area (Å²) in [6.07, 6.45) is 2.35. The molecule has 4 nitrogen and oxygen atoms in total. The maximum Gasteiger partial charge on any atom is 0.287 e. The molecule has 1 N–H and O–H groups in total. The van der Waals surface area contributed by atoms with Crippen molar-refractivity contribution in [3.05, 3.63) is 69.4 Å². The standard InChI is InChI=1S/C24H27ClN2O2/c1-15-12-16(2)22-17(3)23(29-21(22)13-15)24(28)26-14-20(27-10-6-7-11-27)18-8-4-5-9-19(18)25/h4-5,8-9,12-13,20H,6-7,10-11,14H2,1-3H3,(H,26,28)/t20-/m0/s1. The second-order valence-corrected chi connectivity index (χ2v) is 8.41. The average molecular weight is 411 g/mol. The van der Waals surface area contributed by atoms with Crippen molar-refractivity contribution in [1.29, 1.82) is 0 Å². The fourth-order valence-electron chi connectivity index (χ4n) is 4.51. The highest BCUT2D eigenvalue weighted by atomic mass is 35.5. The smallest absolute Gasteiger partial charge is 0.287 e. The predicted molar refractivity (Wildman–Crippen MR) is 118 cm³/mol. The van der Waals surface area contributed by atoms with E-state index in [0.717, 1.165) is 51.3 Å². The van der Waals surface area contributed by atoms with Crippen LogP contribution in [0.1, 0.15) is 51.7 Å². The van der Waals surface area contributed by atoms with Crippen molar-refractivity contribution in [3.63, 3.8) is 0 Å². The van der Waals surface area contributed by atoms with Crippen LogP contribution in [-0.2, 0) is 0 Å². The van der Waals surface area contributed by atoms with Gasteiger partial charge in [0.25, 0.3) is 5.91 Å². The van der Waals surface area contributed by atoms with Crippen LogP contribution in [0, 0.1) is 20.8 Å². The molecule has 0 aliphatic carbocycles. The van der Waals surface area contributed by atoms with Crippen LogP contribution < -0.4 is 5.32 Å². The largest absolute Gasteiger partial charge is 0.451 e. The number of amides is 1. The van der Waals surface area contributed by atoms with E-state index in [9.17, 15) is 4.79 Å². The lowest BCUT2D eigenvalue weighted by atomic mass is 10.0. The minimum atomic E-state index is -0.174. The zero-order valence-corrected chi connectivity index (χ0v) is 18.0. The second kappa shape index (κ2) is 8.21. The first kappa shape index (κ1) is 20.0. The number of likely N-dealkylation sites (tertiary alicyclic amines) is 1. The molecule has 3 aromatic rings. The normalized spacial score (nSPS) is 15.7. The summed E-state index contributed by atoms with van der Waals surface area (Å²) in [4.78, 5) is 15.4. The summed E-state index contributed by atoms with van der Waals surface area (Å²) < 4.78 is 5.96. The van der Waals surface area contributed by atoms with E-state index in [0.29, 0.717) is 12.3 Å². The van der Waals surface area contributed by atoms with E-state index in [2.05, 4.69) is 29.3 Å². The van der Waals surface area contributed by atoms with Crippen LogP contribution in [0.3, 0.4) is 0 Å². The summed E-state index contributed by atoms with van der Waals surface area (Å²) in [6, 6.07) is 12.1. The molecular formula is C24H27ClN2O2. The Labute approximate surface area is 176 Å². The van der Waals surface area contributed by atoms with E-state index in [1.54, 1.807) is 0 Å². The number of benzene rings is 2. The van der Waals surface area contributed by atoms with Crippen molar-refractivity contribution in [2.45, 2.75) is 39.7 Å². The maximum absolute atomic E-state index is 13.0. The first-order chi connectivity index (χ1) is 14.0. The van der Waals surface area contributed by atoms with Crippen molar-refractivity contribution < 1.29 is 9.21 Å². The van der Waals surface area contributed by atoms with Gasteiger partial charge in [0.2, 0.25) is 0 Å². The van der Waals surface area contributed by atoms with Crippen molar-refractivity contribution >= 4 is 28.5 Å². The maximum atomic E-state index is 13.0. The summed E-state index contributed by atoms with van der Waals surface area (Å²) in [5.41, 5.74) is 4.98. The minimum Gasteiger partial charge on any atom is -0.451 e. The molecule has 1 aliphatic rings. The molecule has 4 rings (SSSR count). The molecule has 1 amide bonds. The Kier molecular flexibility index (Phi) is 5.66. The Bertz CT molecular complexity index is 1050. The third-order valence-electron chi connectivity index (χ3n) is 5.88. The number of hydrogen-bond donors (Lipinski definition) is 1. The number of hydrogen-bond acceptors (Lipinski definition) is 3. The van der Waals surface area contributed by atoms with Gasteiger partial charge in [-0.05, 0) is 75.5 Å². The number of nitrogens with zero attached hydrogens (tertiary/aromatic N) is 1. The monoisotopic (exact) mass is 410 g/mol. The number of nitrogens with one attached hydrogen (secondary N) is 1. The van der Waals surface area contributed by atoms with E-state index < -0.39 is 0 Å². The van der Waals surface area contributed by atoms with E-state index in [4.69, 9.17) is 16.0 Å². The van der Waals surface area contributed by atoms with E-state index >= 15 is 0 Å². The molecule has 1 saturated heterocycles. The van der Waals surface area contributed by atoms with Crippen LogP contribution in [0.2, 0.25) is 5.02 Å². The first-order valence-electron chi connectivity index (χ1n) is 10.2. The van der Waals surface area contributed by atoms with Gasteiger partial charge in [0.15, 0.2) is 5.76 Å². The van der Waals surface area contributed by atoms with Gasteiger partial charge < -0.3 is 9.73 Å². The van der Waals surface area contributed by atoms with Gasteiger partial charge in [-0.15, -0.1) is 0 Å². The summed E-state index contributed by atoms with van der Waals surface area (Å²) in [7, 11) is 0. The van der Waals surface area contributed by atoms with Crippen LogP contribution >= 0.6 is 11.6 Å². The number of rotatable bonds is 5. The molecule has 29 heavy (non-hydrogen) atoms. The zero-order chi connectivity index (χ0) is 20.5. The Morgan fingerprint density at radius 3 is 2.62 bits per heavy atom. The van der Waals surface area contributed by atoms with Gasteiger partial charge in [0, 0.05) is 22.5 Å². The Morgan fingerprint density at radius 2 is 1.90 bits per heavy atom. The fraction of sp³-hybridized carbons (Fsp3) is 0.375. The minimum absolute atomic E-state index is 0.0591. The second-order valence-electron chi connectivity index (χ2n) is 8.00. The topological polar surface area (TPSA) is 45.5 Å². The van der Waals surface area contributed by atoms with Crippen LogP contribution in [-0.4, -0.2) is 30.4 Å². The van der Waals surface area contributed by atoms with E-state index in [1.165, 1.54) is 12.8 Å². The molecule has 1 fully saturated rings. The number of aryl methyl sites for hydroxylation is 3. The molecule has 152 valence electrons. The van der Waals surface area contributed by atoms with Crippen LogP contribution in [0.15, 0.2) is 40.8 Å². The summed E-state index contributed by atoms with van der Waals surface area (Å²) in [5.74, 6) is 0.222. The quantitative estimate of drug-likeness (QED) is 0.597. The molecule has 0 bridgehead atoms. The van der Waals surface area contributed by atoms with E-state index in [1.807, 2.05) is 38.1 Å². The van der Waals surface area contributed by atoms with Crippen LogP contribution in [0.4, 0.5) is 0 Å². The number of carbonyl (C=O) groups is 1. The lowest BCUT2D eigenvalue weighted by molar-refractivity contribution is 0.0911. The fourth-order valence-corrected chi connectivity index (χ4v) is 4.77. The molecule has 0 unspecified atom stereocenters. The summed E-state index contributed by atoms with van der Waals surface area (Å²) in [6.45, 7) is 8.59. The highest BCUT2D eigenvalue weighted by molar-refractivity contribution is 6.31. The van der Waals surface area contributed by atoms with Gasteiger partial charge in [0.05, 0.1) is 6.04 Å². The molecule has 2 heterocycles. The lowest BCUT2D eigenvalue weighted by Gasteiger charge is -2.28. The number of fused-ring (bicyclic) bond motifs is 1. The molecule has 1 aliphatic heterocycles. The third kappa shape index (κ3) is 3.92. The Morgan fingerprint density at radius 1 is 1.17 bits per heavy atom. The molecule has 5 heteroatoms. The summed E-state index contributed by atoms with van der Waals surface area (Å²) >= 11 is 6.48. The number of carbonyl (C=O) groups excluding carboxylic acids is 1. The van der Waals surface area contributed by atoms with Crippen molar-refractivity contribution in [1.82, 2.24) is 10.2 Å². The first-order valence-corrected chi connectivity index (χ1v) is 10.6. The van der Waals surface area contributed by atoms with Crippen molar-refractivity contribution in [2.24, 2.45) is 0 Å². The molecule has 1 atom stereocenters. The lowest BCUT2D eigenvalue weighted by Crippen LogP contribution is -2.37. The van der Waals surface area contributed by atoms with E-state index in [-0.39, 0.29) is 11.9 Å². The van der Waals surface area contributed by atoms with Crippen molar-refractivity contribution in [3.8, 4) is 0 Å². The van der Waals surface area contributed by atoms with Crippen LogP contribution in [0.25, 0.3) is 11.0 Å². The molecule has 0 spiro atoms. The zero-order valence-electron chi connectivity index (χ0n) is 17.2. The van der Waals surface area contributed by atoms with Crippen LogP contribution in [0.5, 0.6) is 0 Å². The molecular weight excluding hydrogens is 384 g/mol. The SMILES string of the molecule is Cc1cc(C)c2c(C)c(C(=O)NC[C@@H](c3ccccc3Cl)N3CCCC3)oc2c1. The number of halogens is 1. The van der Waals surface area contributed by atoms with Gasteiger partial charge in [-0.25, -0.2) is 0 Å². The molecule has 2 aromatic carbocycles. The molecule has 0 saturated carbocycles. The van der Waals surface area contributed by atoms with Crippen molar-refractivity contribution in [2.75, 3.05) is 19.6 Å². The van der Waals surface area contributed by atoms with Gasteiger partial charge in [-0.2, -0.15) is 0 Å². The molecule has 1 aromatic heterocycles. The highest BCUT2D eigenvalue weighted by Gasteiger charge is 2.27. The average Bonchev–Trinajstić information content (AvgIpc) is 3.31. The summed E-state index contributed by atoms with van der Waals surface area (Å²) in [5, 5.41) is 4.88. The molecule has 0 radical (unpaired) electrons.